The topological polar surface area (TPSA) is 97.8 Å². The number of aldehydes is 1. The highest BCUT2D eigenvalue weighted by atomic mass is 16.5. The van der Waals surface area contributed by atoms with Crippen LogP contribution in [0.3, 0.4) is 0 Å². The number of hydrogen-bond donors (Lipinski definition) is 1. The Morgan fingerprint density at radius 1 is 1.32 bits per heavy atom. The molecule has 1 aliphatic rings. The fourth-order valence-electron chi connectivity index (χ4n) is 3.30. The van der Waals surface area contributed by atoms with Crippen LogP contribution in [0.2, 0.25) is 0 Å². The zero-order valence-electron chi connectivity index (χ0n) is 13.0. The Morgan fingerprint density at radius 2 is 2.14 bits per heavy atom. The van der Waals surface area contributed by atoms with Gasteiger partial charge in [-0.3, -0.25) is 4.79 Å². The highest BCUT2D eigenvalue weighted by molar-refractivity contribution is 5.66. The second kappa shape index (κ2) is 8.60. The number of esters is 1. The van der Waals surface area contributed by atoms with E-state index in [4.69, 9.17) is 4.74 Å². The first kappa shape index (κ1) is 16.6. The summed E-state index contributed by atoms with van der Waals surface area (Å²) in [5.41, 5.74) is 0. The number of rotatable bonds is 9. The SMILES string of the molecule is CC(=O)O[C@H]1CC[C@H](C=O)[C@H]1CCCCCCc1nnn[nH]1. The number of carbonyl (C=O) groups excluding carboxylic acids is 2. The first-order valence-electron chi connectivity index (χ1n) is 8.06. The van der Waals surface area contributed by atoms with E-state index in [9.17, 15) is 9.59 Å². The molecule has 7 heteroatoms. The Morgan fingerprint density at radius 3 is 2.82 bits per heavy atom. The van der Waals surface area contributed by atoms with E-state index in [0.29, 0.717) is 0 Å². The summed E-state index contributed by atoms with van der Waals surface area (Å²) in [6.45, 7) is 1.43. The zero-order chi connectivity index (χ0) is 15.8. The van der Waals surface area contributed by atoms with Crippen molar-refractivity contribution in [3.05, 3.63) is 5.82 Å². The molecule has 3 atom stereocenters. The molecule has 1 aliphatic carbocycles. The number of nitrogens with one attached hydrogen (secondary N) is 1. The lowest BCUT2D eigenvalue weighted by Gasteiger charge is -2.21. The largest absolute Gasteiger partial charge is 0.462 e. The molecule has 1 N–H and O–H groups in total. The molecular weight excluding hydrogens is 284 g/mol. The molecule has 1 aromatic heterocycles. The molecule has 1 aromatic rings. The predicted molar refractivity (Wildman–Crippen MR) is 78.8 cm³/mol. The Hall–Kier alpha value is -1.79. The summed E-state index contributed by atoms with van der Waals surface area (Å²) >= 11 is 0. The average Bonchev–Trinajstić information content (AvgIpc) is 3.12. The van der Waals surface area contributed by atoms with Crippen molar-refractivity contribution < 1.29 is 14.3 Å². The van der Waals surface area contributed by atoms with E-state index in [-0.39, 0.29) is 23.9 Å². The maximum absolute atomic E-state index is 11.2. The molecule has 122 valence electrons. The first-order chi connectivity index (χ1) is 10.7. The summed E-state index contributed by atoms with van der Waals surface area (Å²) in [6.07, 6.45) is 8.74. The number of aromatic nitrogens is 4. The Balaban J connectivity index is 1.64. The minimum Gasteiger partial charge on any atom is -0.462 e. The minimum absolute atomic E-state index is 0.0459. The quantitative estimate of drug-likeness (QED) is 0.425. The van der Waals surface area contributed by atoms with Crippen molar-refractivity contribution in [3.8, 4) is 0 Å². The van der Waals surface area contributed by atoms with Crippen LogP contribution >= 0.6 is 0 Å². The van der Waals surface area contributed by atoms with Crippen molar-refractivity contribution in [1.29, 1.82) is 0 Å². The second-order valence-electron chi connectivity index (χ2n) is 5.99. The van der Waals surface area contributed by atoms with E-state index in [2.05, 4.69) is 20.6 Å². The van der Waals surface area contributed by atoms with Gasteiger partial charge in [0.25, 0.3) is 0 Å². The fraction of sp³-hybridized carbons (Fsp3) is 0.800. The Bertz CT molecular complexity index is 463. The summed E-state index contributed by atoms with van der Waals surface area (Å²) < 4.78 is 5.36. The molecule has 0 bridgehead atoms. The molecule has 22 heavy (non-hydrogen) atoms. The normalized spacial score (nSPS) is 24.3. The third-order valence-corrected chi connectivity index (χ3v) is 4.39. The highest BCUT2D eigenvalue weighted by Crippen LogP contribution is 2.36. The van der Waals surface area contributed by atoms with Gasteiger partial charge >= 0.3 is 5.97 Å². The number of aromatic amines is 1. The van der Waals surface area contributed by atoms with Crippen LogP contribution in [0.4, 0.5) is 0 Å². The van der Waals surface area contributed by atoms with Gasteiger partial charge in [0.2, 0.25) is 0 Å². The van der Waals surface area contributed by atoms with Crippen LogP contribution in [-0.2, 0) is 20.7 Å². The average molecular weight is 308 g/mol. The lowest BCUT2D eigenvalue weighted by Crippen LogP contribution is -2.25. The van der Waals surface area contributed by atoms with Gasteiger partial charge in [0.15, 0.2) is 0 Å². The number of ether oxygens (including phenoxy) is 1. The molecule has 1 heterocycles. The summed E-state index contributed by atoms with van der Waals surface area (Å²) in [7, 11) is 0. The number of H-pyrrole nitrogens is 1. The van der Waals surface area contributed by atoms with E-state index >= 15 is 0 Å². The number of aryl methyl sites for hydroxylation is 1. The molecule has 1 saturated carbocycles. The smallest absolute Gasteiger partial charge is 0.302 e. The first-order valence-corrected chi connectivity index (χ1v) is 8.06. The molecule has 2 rings (SSSR count). The molecule has 0 saturated heterocycles. The lowest BCUT2D eigenvalue weighted by molar-refractivity contribution is -0.148. The van der Waals surface area contributed by atoms with Crippen LogP contribution < -0.4 is 0 Å². The van der Waals surface area contributed by atoms with E-state index in [1.807, 2.05) is 0 Å². The predicted octanol–water partition coefficient (Wildman–Crippen LogP) is 1.85. The van der Waals surface area contributed by atoms with Crippen LogP contribution in [0.25, 0.3) is 0 Å². The molecule has 0 spiro atoms. The summed E-state index contributed by atoms with van der Waals surface area (Å²) in [6, 6.07) is 0. The molecule has 0 radical (unpaired) electrons. The third kappa shape index (κ3) is 4.89. The van der Waals surface area contributed by atoms with Gasteiger partial charge in [-0.15, -0.1) is 5.10 Å². The molecule has 7 nitrogen and oxygen atoms in total. The van der Waals surface area contributed by atoms with E-state index in [0.717, 1.165) is 63.5 Å². The zero-order valence-corrected chi connectivity index (χ0v) is 13.0. The Labute approximate surface area is 130 Å². The van der Waals surface area contributed by atoms with Gasteiger partial charge in [0.1, 0.15) is 18.2 Å². The highest BCUT2D eigenvalue weighted by Gasteiger charge is 2.37. The van der Waals surface area contributed by atoms with E-state index < -0.39 is 0 Å². The number of nitrogens with zero attached hydrogens (tertiary/aromatic N) is 3. The van der Waals surface area contributed by atoms with Crippen molar-refractivity contribution in [3.63, 3.8) is 0 Å². The van der Waals surface area contributed by atoms with Crippen LogP contribution in [0.15, 0.2) is 0 Å². The fourth-order valence-corrected chi connectivity index (χ4v) is 3.30. The van der Waals surface area contributed by atoms with Crippen LogP contribution in [0.5, 0.6) is 0 Å². The maximum Gasteiger partial charge on any atom is 0.302 e. The van der Waals surface area contributed by atoms with E-state index in [1.54, 1.807) is 0 Å². The van der Waals surface area contributed by atoms with Crippen molar-refractivity contribution in [2.75, 3.05) is 0 Å². The van der Waals surface area contributed by atoms with Crippen molar-refractivity contribution >= 4 is 12.3 Å². The molecule has 1 fully saturated rings. The van der Waals surface area contributed by atoms with Gasteiger partial charge in [-0.2, -0.15) is 0 Å². The molecule has 0 aliphatic heterocycles. The second-order valence-corrected chi connectivity index (χ2v) is 5.99. The summed E-state index contributed by atoms with van der Waals surface area (Å²) in [5.74, 6) is 0.818. The summed E-state index contributed by atoms with van der Waals surface area (Å²) in [5, 5.41) is 13.7. The number of tetrazole rings is 1. The van der Waals surface area contributed by atoms with Crippen molar-refractivity contribution in [2.45, 2.75) is 64.4 Å². The molecule has 0 amide bonds. The number of hydrogen-bond acceptors (Lipinski definition) is 6. The van der Waals surface area contributed by atoms with Gasteiger partial charge in [0, 0.05) is 25.2 Å². The lowest BCUT2D eigenvalue weighted by atomic mass is 9.90. The maximum atomic E-state index is 11.2. The third-order valence-electron chi connectivity index (χ3n) is 4.39. The van der Waals surface area contributed by atoms with Gasteiger partial charge in [-0.1, -0.05) is 19.3 Å². The molecular formula is C15H24N4O3. The number of unbranched alkanes of at least 4 members (excludes halogenated alkanes) is 3. The van der Waals surface area contributed by atoms with Crippen molar-refractivity contribution in [1.82, 2.24) is 20.6 Å². The van der Waals surface area contributed by atoms with Crippen LogP contribution in [-0.4, -0.2) is 39.0 Å². The van der Waals surface area contributed by atoms with Gasteiger partial charge in [-0.05, 0) is 36.1 Å². The monoisotopic (exact) mass is 308 g/mol. The van der Waals surface area contributed by atoms with Gasteiger partial charge in [0.05, 0.1) is 0 Å². The summed E-state index contributed by atoms with van der Waals surface area (Å²) in [4.78, 5) is 22.3. The van der Waals surface area contributed by atoms with Gasteiger partial charge in [-0.25, -0.2) is 5.10 Å². The standard InChI is InChI=1S/C15H24N4O3/c1-11(21)22-14-9-8-12(10-20)13(14)6-4-2-3-5-7-15-16-18-19-17-15/h10,12-14H,2-9H2,1H3,(H,16,17,18,19)/t12-,13-,14+/m1/s1. The van der Waals surface area contributed by atoms with Crippen molar-refractivity contribution in [2.24, 2.45) is 11.8 Å². The van der Waals surface area contributed by atoms with Crippen LogP contribution in [0.1, 0.15) is 57.7 Å². The Kier molecular flexibility index (Phi) is 6.48. The molecule has 0 unspecified atom stereocenters. The van der Waals surface area contributed by atoms with Crippen LogP contribution in [0, 0.1) is 11.8 Å². The molecule has 0 aromatic carbocycles. The van der Waals surface area contributed by atoms with E-state index in [1.165, 1.54) is 6.92 Å². The minimum atomic E-state index is -0.248. The van der Waals surface area contributed by atoms with Gasteiger partial charge < -0.3 is 9.53 Å². The number of carbonyl (C=O) groups is 2.